The average Bonchev–Trinajstić information content (AvgIpc) is 3.96. The number of nitrogens with zero attached hydrogens (tertiary/aromatic N) is 2. The Morgan fingerprint density at radius 3 is 2.66 bits per heavy atom. The zero-order chi connectivity index (χ0) is 36.8. The summed E-state index contributed by atoms with van der Waals surface area (Å²) < 4.78 is 20.2. The summed E-state index contributed by atoms with van der Waals surface area (Å²) in [4.78, 5) is 40.6. The third kappa shape index (κ3) is 4.99. The number of hydrogen-bond donors (Lipinski definition) is 5. The summed E-state index contributed by atoms with van der Waals surface area (Å²) in [6, 6.07) is 18.2. The second kappa shape index (κ2) is 12.1. The Morgan fingerprint density at radius 2 is 1.85 bits per heavy atom. The molecule has 0 fully saturated rings. The molecule has 270 valence electrons. The molecule has 0 radical (unpaired) electrons. The molecule has 6 heterocycles. The summed E-state index contributed by atoms with van der Waals surface area (Å²) in [5.41, 5.74) is 5.76. The number of amides is 2. The molecule has 5 atom stereocenters. The minimum absolute atomic E-state index is 0.169. The first-order valence-corrected chi connectivity index (χ1v) is 18.0. The first-order chi connectivity index (χ1) is 25.5. The average molecular weight is 713 g/mol. The summed E-state index contributed by atoms with van der Waals surface area (Å²) >= 11 is 0. The molecule has 5 N–H and O–H groups in total. The van der Waals surface area contributed by atoms with Crippen LogP contribution in [0.2, 0.25) is 0 Å². The van der Waals surface area contributed by atoms with Gasteiger partial charge in [0.15, 0.2) is 23.4 Å². The fraction of sp³-hybridized carbons (Fsp3) is 0.317. The molecule has 2 amide bonds. The molecule has 1 spiro atoms. The number of hydrogen-bond acceptors (Lipinski definition) is 9. The Hall–Kier alpha value is -5.88. The number of H-pyrrole nitrogens is 1. The van der Waals surface area contributed by atoms with Crippen LogP contribution in [0.5, 0.6) is 5.75 Å². The van der Waals surface area contributed by atoms with Gasteiger partial charge < -0.3 is 39.6 Å². The van der Waals surface area contributed by atoms with Crippen LogP contribution in [-0.4, -0.2) is 50.2 Å². The first kappa shape index (κ1) is 33.0. The van der Waals surface area contributed by atoms with E-state index < -0.39 is 41.6 Å². The van der Waals surface area contributed by atoms with Crippen molar-refractivity contribution in [1.29, 1.82) is 0 Å². The number of para-hydroxylation sites is 2. The van der Waals surface area contributed by atoms with Gasteiger partial charge in [-0.1, -0.05) is 76.2 Å². The van der Waals surface area contributed by atoms with Gasteiger partial charge in [-0.15, -0.1) is 0 Å². The van der Waals surface area contributed by atoms with Crippen LogP contribution < -0.4 is 20.7 Å². The number of carbonyl (C=O) groups excluding carboxylic acids is 2. The highest BCUT2D eigenvalue weighted by Crippen LogP contribution is 2.59. The van der Waals surface area contributed by atoms with Crippen LogP contribution in [0.1, 0.15) is 67.6 Å². The molecule has 3 aromatic carbocycles. The summed E-state index contributed by atoms with van der Waals surface area (Å²) in [6.07, 6.45) is 1.89. The third-order valence-corrected chi connectivity index (χ3v) is 10.8. The predicted molar refractivity (Wildman–Crippen MR) is 197 cm³/mol. The number of ether oxygens (including phenoxy) is 1. The molecule has 6 aromatic rings. The van der Waals surface area contributed by atoms with Crippen molar-refractivity contribution in [2.75, 3.05) is 5.32 Å². The van der Waals surface area contributed by atoms with Crippen LogP contribution in [0.25, 0.3) is 33.8 Å². The standard InChI is InChI=1S/C41H40N6O6/c1-19(2)31-39-47-33(38-43-18-30(51-38)24-17-42-32-21(5)9-8-10-23(24)32)35(53-39)41-25-11-6-7-12-27(25)45-40(41)52-29-14-13-22(15-26(29)41)16-28(36(49)46-31)44-37(50)34(48)20(3)4/h6-15,17-20,28,31,34,40,42,45,48H,16H2,1-5H3,(H,44,50)(H,46,49)/t28-,31-,34-,40-,41?/m0/s1. The van der Waals surface area contributed by atoms with Gasteiger partial charge in [0.05, 0.1) is 6.20 Å². The number of aryl methyl sites for hydroxylation is 1. The lowest BCUT2D eigenvalue weighted by atomic mass is 9.72. The molecule has 0 saturated heterocycles. The van der Waals surface area contributed by atoms with Gasteiger partial charge in [-0.05, 0) is 47.6 Å². The van der Waals surface area contributed by atoms with Gasteiger partial charge in [0.1, 0.15) is 29.4 Å². The molecular weight excluding hydrogens is 672 g/mol. The number of rotatable bonds is 6. The maximum absolute atomic E-state index is 14.1. The number of aliphatic hydroxyl groups excluding tert-OH is 1. The first-order valence-electron chi connectivity index (χ1n) is 18.0. The number of anilines is 1. The van der Waals surface area contributed by atoms with Crippen LogP contribution in [0.15, 0.2) is 81.9 Å². The van der Waals surface area contributed by atoms with Crippen molar-refractivity contribution < 1.29 is 28.3 Å². The van der Waals surface area contributed by atoms with Crippen molar-refractivity contribution in [1.82, 2.24) is 25.6 Å². The Morgan fingerprint density at radius 1 is 1.02 bits per heavy atom. The Bertz CT molecular complexity index is 2420. The van der Waals surface area contributed by atoms with Crippen molar-refractivity contribution in [3.8, 4) is 28.7 Å². The van der Waals surface area contributed by atoms with Gasteiger partial charge >= 0.3 is 0 Å². The zero-order valence-corrected chi connectivity index (χ0v) is 30.0. The van der Waals surface area contributed by atoms with Crippen molar-refractivity contribution in [3.05, 3.63) is 107 Å². The van der Waals surface area contributed by atoms with E-state index in [-0.39, 0.29) is 30.0 Å². The Labute approximate surface area is 305 Å². The van der Waals surface area contributed by atoms with Crippen molar-refractivity contribution in [2.45, 2.75) is 70.9 Å². The maximum atomic E-state index is 14.1. The third-order valence-electron chi connectivity index (χ3n) is 10.8. The highest BCUT2D eigenvalue weighted by molar-refractivity contribution is 5.96. The van der Waals surface area contributed by atoms with Crippen LogP contribution in [0.3, 0.4) is 0 Å². The van der Waals surface area contributed by atoms with Gasteiger partial charge in [-0.3, -0.25) is 9.59 Å². The molecule has 12 heteroatoms. The minimum Gasteiger partial charge on any atom is -0.469 e. The van der Waals surface area contributed by atoms with E-state index in [1.54, 1.807) is 20.0 Å². The fourth-order valence-electron chi connectivity index (χ4n) is 8.03. The topological polar surface area (TPSA) is 168 Å². The number of benzene rings is 3. The number of carbonyl (C=O) groups is 2. The lowest BCUT2D eigenvalue weighted by Gasteiger charge is -2.29. The monoisotopic (exact) mass is 712 g/mol. The van der Waals surface area contributed by atoms with E-state index in [1.807, 2.05) is 68.6 Å². The smallest absolute Gasteiger partial charge is 0.249 e. The molecule has 3 aliphatic rings. The summed E-state index contributed by atoms with van der Waals surface area (Å²) in [7, 11) is 0. The van der Waals surface area contributed by atoms with E-state index >= 15 is 0 Å². The predicted octanol–water partition coefficient (Wildman–Crippen LogP) is 6.14. The molecule has 3 aromatic heterocycles. The highest BCUT2D eigenvalue weighted by atomic mass is 16.5. The summed E-state index contributed by atoms with van der Waals surface area (Å²) in [5, 5.41) is 21.1. The van der Waals surface area contributed by atoms with E-state index in [9.17, 15) is 14.7 Å². The lowest BCUT2D eigenvalue weighted by molar-refractivity contribution is -0.135. The van der Waals surface area contributed by atoms with E-state index in [1.165, 1.54) is 0 Å². The van der Waals surface area contributed by atoms with Crippen LogP contribution in [0, 0.1) is 18.8 Å². The summed E-state index contributed by atoms with van der Waals surface area (Å²) in [5.74, 6) is 0.630. The number of oxazole rings is 2. The molecule has 0 saturated carbocycles. The number of aromatic nitrogens is 3. The van der Waals surface area contributed by atoms with Crippen LogP contribution >= 0.6 is 0 Å². The van der Waals surface area contributed by atoms with E-state index in [0.29, 0.717) is 23.0 Å². The minimum atomic E-state index is -1.28. The number of nitrogens with one attached hydrogen (secondary N) is 4. The fourth-order valence-corrected chi connectivity index (χ4v) is 8.03. The molecule has 1 unspecified atom stereocenters. The van der Waals surface area contributed by atoms with Gasteiger partial charge in [-0.25, -0.2) is 9.97 Å². The maximum Gasteiger partial charge on any atom is 0.249 e. The number of aromatic amines is 1. The van der Waals surface area contributed by atoms with Gasteiger partial charge in [0.25, 0.3) is 0 Å². The van der Waals surface area contributed by atoms with E-state index in [0.717, 1.165) is 44.4 Å². The van der Waals surface area contributed by atoms with Crippen LogP contribution in [-0.2, 0) is 21.4 Å². The second-order valence-electron chi connectivity index (χ2n) is 15.0. The zero-order valence-electron chi connectivity index (χ0n) is 30.0. The Kier molecular flexibility index (Phi) is 7.53. The van der Waals surface area contributed by atoms with Gasteiger partial charge in [-0.2, -0.15) is 0 Å². The largest absolute Gasteiger partial charge is 0.469 e. The van der Waals surface area contributed by atoms with Crippen LogP contribution in [0.4, 0.5) is 5.69 Å². The normalized spacial score (nSPS) is 22.0. The second-order valence-corrected chi connectivity index (χ2v) is 15.0. The Balaban J connectivity index is 1.26. The molecule has 12 nitrogen and oxygen atoms in total. The molecule has 53 heavy (non-hydrogen) atoms. The molecule has 9 rings (SSSR count). The van der Waals surface area contributed by atoms with Crippen molar-refractivity contribution >= 4 is 28.4 Å². The molecular formula is C41H40N6O6. The molecule has 3 aliphatic heterocycles. The molecule has 0 aliphatic carbocycles. The SMILES string of the molecule is Cc1cccc2c(-c3cnc(-c4nc5oc4C46c7ccccc7N[C@H]4Oc4ccc(cc46)C[C@H](NC(=O)[C@@H](O)C(C)C)C(=O)N[C@H]5C(C)C)o3)c[nH]c12. The van der Waals surface area contributed by atoms with Crippen molar-refractivity contribution in [2.24, 2.45) is 11.8 Å². The van der Waals surface area contributed by atoms with E-state index in [4.69, 9.17) is 23.5 Å². The highest BCUT2D eigenvalue weighted by Gasteiger charge is 2.61. The quantitative estimate of drug-likeness (QED) is 0.136. The summed E-state index contributed by atoms with van der Waals surface area (Å²) in [6.45, 7) is 9.48. The number of aliphatic hydroxyl groups is 1. The van der Waals surface area contributed by atoms with Gasteiger partial charge in [0.2, 0.25) is 23.6 Å². The molecule has 4 bridgehead atoms. The lowest BCUT2D eigenvalue weighted by Crippen LogP contribution is -2.52. The number of fused-ring (bicyclic) bond motifs is 5. The van der Waals surface area contributed by atoms with Crippen molar-refractivity contribution in [3.63, 3.8) is 0 Å². The van der Waals surface area contributed by atoms with Gasteiger partial charge in [0, 0.05) is 40.3 Å². The van der Waals surface area contributed by atoms with E-state index in [2.05, 4.69) is 40.0 Å².